The van der Waals surface area contributed by atoms with Gasteiger partial charge in [0.2, 0.25) is 0 Å². The molecule has 0 unspecified atom stereocenters. The minimum Gasteiger partial charge on any atom is -0.467 e. The fourth-order valence-electron chi connectivity index (χ4n) is 4.42. The number of anilines is 2. The van der Waals surface area contributed by atoms with Gasteiger partial charge in [-0.1, -0.05) is 55.2 Å². The van der Waals surface area contributed by atoms with Gasteiger partial charge in [-0.3, -0.25) is 18.8 Å². The SMILES string of the molecule is C=CCNc1c(C(N)=O)c(N)nn1C.CCc1cc2cccc(C#Cc3cnc(OC)nc3)c2c(=O)n1-c1ccccc1. The van der Waals surface area contributed by atoms with Gasteiger partial charge in [0.25, 0.3) is 11.5 Å². The predicted molar refractivity (Wildman–Crippen MR) is 168 cm³/mol. The minimum absolute atomic E-state index is 0.0681. The van der Waals surface area contributed by atoms with Gasteiger partial charge in [0, 0.05) is 42.9 Å². The number of primary amides is 1. The average Bonchev–Trinajstić information content (AvgIpc) is 3.31. The molecule has 0 radical (unpaired) electrons. The molecule has 0 fully saturated rings. The number of benzene rings is 2. The first-order valence-corrected chi connectivity index (χ1v) is 13.4. The van der Waals surface area contributed by atoms with Crippen LogP contribution in [0.15, 0.2) is 84.4 Å². The van der Waals surface area contributed by atoms with E-state index in [-0.39, 0.29) is 16.9 Å². The number of pyridine rings is 1. The summed E-state index contributed by atoms with van der Waals surface area (Å²) in [5, 5.41) is 8.31. The molecule has 11 heteroatoms. The number of nitrogens with two attached hydrogens (primary N) is 2. The number of hydrogen-bond donors (Lipinski definition) is 3. The maximum Gasteiger partial charge on any atom is 0.316 e. The highest BCUT2D eigenvalue weighted by molar-refractivity contribution is 6.02. The molecule has 5 N–H and O–H groups in total. The quantitative estimate of drug-likeness (QED) is 0.197. The molecule has 0 saturated heterocycles. The summed E-state index contributed by atoms with van der Waals surface area (Å²) in [4.78, 5) is 32.6. The molecule has 11 nitrogen and oxygen atoms in total. The molecule has 2 aromatic carbocycles. The smallest absolute Gasteiger partial charge is 0.316 e. The van der Waals surface area contributed by atoms with E-state index in [1.807, 2.05) is 55.5 Å². The van der Waals surface area contributed by atoms with Crippen LogP contribution >= 0.6 is 0 Å². The van der Waals surface area contributed by atoms with Crippen LogP contribution in [0.4, 0.5) is 11.6 Å². The van der Waals surface area contributed by atoms with Crippen LogP contribution in [0.5, 0.6) is 6.01 Å². The van der Waals surface area contributed by atoms with Crippen molar-refractivity contribution in [2.24, 2.45) is 12.8 Å². The number of carbonyl (C=O) groups excluding carboxylic acids is 1. The fraction of sp³-hybridized carbons (Fsp3) is 0.156. The van der Waals surface area contributed by atoms with E-state index in [4.69, 9.17) is 16.2 Å². The van der Waals surface area contributed by atoms with Crippen LogP contribution in [0, 0.1) is 11.8 Å². The van der Waals surface area contributed by atoms with E-state index in [9.17, 15) is 9.59 Å². The molecular weight excluding hydrogens is 544 g/mol. The Kier molecular flexibility index (Phi) is 9.55. The summed E-state index contributed by atoms with van der Waals surface area (Å²) in [6, 6.07) is 17.8. The largest absolute Gasteiger partial charge is 0.467 e. The number of aromatic nitrogens is 5. The standard InChI is InChI=1S/C24H19N3O2.C8H13N5O/c1-3-20-14-19-9-7-8-18(13-12-17-15-25-24(29-2)26-16-17)22(19)23(28)27(20)21-10-5-4-6-11-21;1-3-4-11-8-5(7(10)14)6(9)12-13(8)2/h4-11,14-16H,3H2,1-2H3;3,11H,1,4H2,2H3,(H2,9,12)(H2,10,14). The highest BCUT2D eigenvalue weighted by Crippen LogP contribution is 2.21. The third kappa shape index (κ3) is 6.71. The first kappa shape index (κ1) is 30.1. The second kappa shape index (κ2) is 13.6. The maximum absolute atomic E-state index is 13.5. The van der Waals surface area contributed by atoms with Gasteiger partial charge >= 0.3 is 6.01 Å². The first-order chi connectivity index (χ1) is 20.8. The molecule has 5 aromatic rings. The van der Waals surface area contributed by atoms with E-state index < -0.39 is 5.91 Å². The van der Waals surface area contributed by atoms with Crippen LogP contribution in [-0.2, 0) is 13.5 Å². The Morgan fingerprint density at radius 3 is 2.47 bits per heavy atom. The number of aryl methyl sites for hydroxylation is 2. The highest BCUT2D eigenvalue weighted by Gasteiger charge is 2.18. The normalized spacial score (nSPS) is 10.2. The number of methoxy groups -OCH3 is 1. The van der Waals surface area contributed by atoms with Crippen molar-refractivity contribution in [3.63, 3.8) is 0 Å². The zero-order valence-electron chi connectivity index (χ0n) is 24.2. The van der Waals surface area contributed by atoms with Crippen molar-refractivity contribution < 1.29 is 9.53 Å². The lowest BCUT2D eigenvalue weighted by atomic mass is 10.0. The number of nitrogens with one attached hydrogen (secondary N) is 1. The summed E-state index contributed by atoms with van der Waals surface area (Å²) in [6.45, 7) is 6.11. The molecule has 0 saturated carbocycles. The number of nitrogen functional groups attached to an aromatic ring is 1. The van der Waals surface area contributed by atoms with Crippen LogP contribution in [0.25, 0.3) is 16.5 Å². The highest BCUT2D eigenvalue weighted by atomic mass is 16.5. The van der Waals surface area contributed by atoms with Gasteiger partial charge in [0.05, 0.1) is 18.1 Å². The summed E-state index contributed by atoms with van der Waals surface area (Å²) in [7, 11) is 3.19. The summed E-state index contributed by atoms with van der Waals surface area (Å²) < 4.78 is 8.21. The minimum atomic E-state index is -0.595. The van der Waals surface area contributed by atoms with Crippen LogP contribution in [0.1, 0.15) is 34.1 Å². The second-order valence-corrected chi connectivity index (χ2v) is 9.21. The molecule has 0 aliphatic rings. The molecule has 0 aliphatic heterocycles. The van der Waals surface area contributed by atoms with Crippen LogP contribution in [0.2, 0.25) is 0 Å². The van der Waals surface area contributed by atoms with Crippen LogP contribution in [0.3, 0.4) is 0 Å². The van der Waals surface area contributed by atoms with Gasteiger partial charge in [0.15, 0.2) is 5.82 Å². The molecule has 5 rings (SSSR count). The Bertz CT molecular complexity index is 1880. The lowest BCUT2D eigenvalue weighted by molar-refractivity contribution is 0.100. The Balaban J connectivity index is 0.000000255. The predicted octanol–water partition coefficient (Wildman–Crippen LogP) is 3.45. The molecule has 3 aromatic heterocycles. The first-order valence-electron chi connectivity index (χ1n) is 13.4. The molecule has 1 amide bonds. The number of ether oxygens (including phenoxy) is 1. The Morgan fingerprint density at radius 2 is 1.84 bits per heavy atom. The van der Waals surface area contributed by atoms with Crippen molar-refractivity contribution in [1.82, 2.24) is 24.3 Å². The number of fused-ring (bicyclic) bond motifs is 1. The fourth-order valence-corrected chi connectivity index (χ4v) is 4.42. The van der Waals surface area contributed by atoms with E-state index in [0.717, 1.165) is 23.2 Å². The number of rotatable bonds is 7. The summed E-state index contributed by atoms with van der Waals surface area (Å²) >= 11 is 0. The molecule has 0 bridgehead atoms. The molecule has 0 spiro atoms. The van der Waals surface area contributed by atoms with Crippen molar-refractivity contribution >= 4 is 28.3 Å². The van der Waals surface area contributed by atoms with Crippen LogP contribution < -0.4 is 27.1 Å². The van der Waals surface area contributed by atoms with Gasteiger partial charge in [-0.05, 0) is 36.1 Å². The molecule has 218 valence electrons. The van der Waals surface area contributed by atoms with E-state index in [1.54, 1.807) is 30.1 Å². The zero-order chi connectivity index (χ0) is 30.9. The van der Waals surface area contributed by atoms with Crippen molar-refractivity contribution in [1.29, 1.82) is 0 Å². The van der Waals surface area contributed by atoms with Gasteiger partial charge in [0.1, 0.15) is 11.4 Å². The lowest BCUT2D eigenvalue weighted by Crippen LogP contribution is -2.22. The molecule has 3 heterocycles. The third-order valence-corrected chi connectivity index (χ3v) is 6.39. The Morgan fingerprint density at radius 1 is 1.12 bits per heavy atom. The number of para-hydroxylation sites is 1. The second-order valence-electron chi connectivity index (χ2n) is 9.21. The molecule has 0 aliphatic carbocycles. The number of amides is 1. The van der Waals surface area contributed by atoms with Crippen molar-refractivity contribution in [2.45, 2.75) is 13.3 Å². The van der Waals surface area contributed by atoms with E-state index in [2.05, 4.69) is 44.9 Å². The average molecular weight is 577 g/mol. The molecule has 0 atom stereocenters. The Labute approximate surface area is 248 Å². The Hall–Kier alpha value is -5.89. The van der Waals surface area contributed by atoms with Crippen molar-refractivity contribution in [2.75, 3.05) is 24.7 Å². The van der Waals surface area contributed by atoms with Crippen molar-refractivity contribution in [3.8, 4) is 23.5 Å². The van der Waals surface area contributed by atoms with E-state index in [0.29, 0.717) is 34.9 Å². The van der Waals surface area contributed by atoms with Gasteiger partial charge in [-0.25, -0.2) is 9.97 Å². The van der Waals surface area contributed by atoms with Gasteiger partial charge in [-0.2, -0.15) is 5.10 Å². The lowest BCUT2D eigenvalue weighted by Gasteiger charge is -2.14. The van der Waals surface area contributed by atoms with Gasteiger partial charge in [-0.15, -0.1) is 6.58 Å². The van der Waals surface area contributed by atoms with Gasteiger partial charge < -0.3 is 21.5 Å². The summed E-state index contributed by atoms with van der Waals surface area (Å²) in [6.07, 6.45) is 5.61. The van der Waals surface area contributed by atoms with Crippen LogP contribution in [-0.4, -0.2) is 43.9 Å². The molecular formula is C32H32N8O3. The third-order valence-electron chi connectivity index (χ3n) is 6.39. The van der Waals surface area contributed by atoms with Crippen molar-refractivity contribution in [3.05, 3.63) is 112 Å². The number of nitrogens with zero attached hydrogens (tertiary/aromatic N) is 5. The topological polar surface area (TPSA) is 156 Å². The number of carbonyl (C=O) groups is 1. The van der Waals surface area contributed by atoms with E-state index >= 15 is 0 Å². The monoisotopic (exact) mass is 576 g/mol. The summed E-state index contributed by atoms with van der Waals surface area (Å²) in [5.74, 6) is 6.20. The maximum atomic E-state index is 13.5. The number of hydrogen-bond acceptors (Lipinski definition) is 8. The molecule has 43 heavy (non-hydrogen) atoms. The van der Waals surface area contributed by atoms with E-state index in [1.165, 1.54) is 11.8 Å². The summed E-state index contributed by atoms with van der Waals surface area (Å²) in [5.41, 5.74) is 14.0. The zero-order valence-corrected chi connectivity index (χ0v) is 24.2.